The molecule has 0 aliphatic rings. The molecule has 0 bridgehead atoms. The first-order chi connectivity index (χ1) is 14.8. The van der Waals surface area contributed by atoms with Gasteiger partial charge in [-0.05, 0) is 89.9 Å². The molecule has 5 nitrogen and oxygen atoms in total. The van der Waals surface area contributed by atoms with Gasteiger partial charge in [0.1, 0.15) is 0 Å². The van der Waals surface area contributed by atoms with Gasteiger partial charge in [-0.1, -0.05) is 42.5 Å². The van der Waals surface area contributed by atoms with Crippen LogP contribution in [0.5, 0.6) is 0 Å². The van der Waals surface area contributed by atoms with Gasteiger partial charge in [0.15, 0.2) is 0 Å². The number of nitrogens with one attached hydrogen (secondary N) is 1. The highest BCUT2D eigenvalue weighted by atomic mass is 127. The quantitative estimate of drug-likeness (QED) is 0.412. The number of rotatable bonds is 8. The lowest BCUT2D eigenvalue weighted by Gasteiger charge is -2.23. The van der Waals surface area contributed by atoms with Gasteiger partial charge >= 0.3 is 0 Å². The lowest BCUT2D eigenvalue weighted by molar-refractivity contribution is -0.116. The van der Waals surface area contributed by atoms with E-state index in [9.17, 15) is 13.2 Å². The van der Waals surface area contributed by atoms with E-state index >= 15 is 0 Å². The van der Waals surface area contributed by atoms with Crippen molar-refractivity contribution < 1.29 is 13.2 Å². The number of hydrogen-bond donors (Lipinski definition) is 1. The minimum absolute atomic E-state index is 0.208. The van der Waals surface area contributed by atoms with E-state index in [2.05, 4.69) is 27.9 Å². The zero-order chi connectivity index (χ0) is 22.4. The maximum atomic E-state index is 13.5. The number of hydrogen-bond acceptors (Lipinski definition) is 3. The predicted molar refractivity (Wildman–Crippen MR) is 133 cm³/mol. The Kier molecular flexibility index (Phi) is 7.85. The molecule has 0 radical (unpaired) electrons. The van der Waals surface area contributed by atoms with Crippen LogP contribution in [0.3, 0.4) is 0 Å². The van der Waals surface area contributed by atoms with Crippen LogP contribution in [0.15, 0.2) is 77.7 Å². The van der Waals surface area contributed by atoms with Crippen LogP contribution in [0.1, 0.15) is 16.7 Å². The first-order valence-electron chi connectivity index (χ1n) is 9.92. The highest BCUT2D eigenvalue weighted by molar-refractivity contribution is 14.1. The lowest BCUT2D eigenvalue weighted by atomic mass is 10.1. The lowest BCUT2D eigenvalue weighted by Crippen LogP contribution is -2.39. The summed E-state index contributed by atoms with van der Waals surface area (Å²) in [6.07, 6.45) is 0.516. The fourth-order valence-electron chi connectivity index (χ4n) is 3.20. The van der Waals surface area contributed by atoms with Crippen molar-refractivity contribution in [3.8, 4) is 0 Å². The van der Waals surface area contributed by atoms with E-state index in [1.807, 2.05) is 55.5 Å². The van der Waals surface area contributed by atoms with Gasteiger partial charge in [-0.2, -0.15) is 4.31 Å². The molecule has 0 unspecified atom stereocenters. The van der Waals surface area contributed by atoms with Crippen LogP contribution in [-0.2, 0) is 21.2 Å². The molecular weight excluding hydrogens is 523 g/mol. The third kappa shape index (κ3) is 6.38. The summed E-state index contributed by atoms with van der Waals surface area (Å²) in [6, 6.07) is 22.4. The summed E-state index contributed by atoms with van der Waals surface area (Å²) < 4.78 is 29.3. The van der Waals surface area contributed by atoms with Gasteiger partial charge in [0.2, 0.25) is 15.9 Å². The van der Waals surface area contributed by atoms with E-state index in [1.165, 1.54) is 4.31 Å². The number of halogens is 1. The second-order valence-corrected chi connectivity index (χ2v) is 10.6. The molecule has 0 fully saturated rings. The monoisotopic (exact) mass is 548 g/mol. The number of carbonyl (C=O) groups excluding carboxylic acids is 1. The normalized spacial score (nSPS) is 11.5. The van der Waals surface area contributed by atoms with Gasteiger partial charge in [0.05, 0.1) is 11.4 Å². The fourth-order valence-corrected chi connectivity index (χ4v) is 5.27. The molecule has 1 N–H and O–H groups in total. The van der Waals surface area contributed by atoms with Gasteiger partial charge in [-0.15, -0.1) is 0 Å². The fraction of sp³-hybridized carbons (Fsp3) is 0.208. The Bertz CT molecular complexity index is 1150. The van der Waals surface area contributed by atoms with Gasteiger partial charge in [-0.3, -0.25) is 4.79 Å². The van der Waals surface area contributed by atoms with Crippen molar-refractivity contribution >= 4 is 44.2 Å². The molecule has 0 heterocycles. The maximum absolute atomic E-state index is 13.5. The summed E-state index contributed by atoms with van der Waals surface area (Å²) in [5, 5.41) is 2.80. The largest absolute Gasteiger partial charge is 0.325 e. The van der Waals surface area contributed by atoms with Crippen molar-refractivity contribution in [3.05, 3.63) is 93.1 Å². The van der Waals surface area contributed by atoms with Crippen LogP contribution in [-0.4, -0.2) is 31.7 Å². The smallest absolute Gasteiger partial charge is 0.243 e. The number of sulfonamides is 1. The minimum atomic E-state index is -3.85. The van der Waals surface area contributed by atoms with E-state index in [0.29, 0.717) is 17.7 Å². The Hall–Kier alpha value is -2.23. The average Bonchev–Trinajstić information content (AvgIpc) is 2.75. The maximum Gasteiger partial charge on any atom is 0.243 e. The van der Waals surface area contributed by atoms with Gasteiger partial charge in [-0.25, -0.2) is 8.42 Å². The summed E-state index contributed by atoms with van der Waals surface area (Å²) in [6.45, 7) is 3.58. The zero-order valence-electron chi connectivity index (χ0n) is 17.5. The molecule has 0 atom stereocenters. The molecular formula is C24H25IN2O3S. The summed E-state index contributed by atoms with van der Waals surface area (Å²) in [5.41, 5.74) is 3.17. The Balaban J connectivity index is 1.85. The molecule has 7 heteroatoms. The first kappa shape index (κ1) is 23.4. The first-order valence-corrected chi connectivity index (χ1v) is 12.4. The van der Waals surface area contributed by atoms with Crippen LogP contribution in [0.4, 0.5) is 5.69 Å². The Labute approximate surface area is 197 Å². The molecule has 3 aromatic carbocycles. The highest BCUT2D eigenvalue weighted by Crippen LogP contribution is 2.22. The summed E-state index contributed by atoms with van der Waals surface area (Å²) >= 11 is 2.19. The van der Waals surface area contributed by atoms with Crippen molar-refractivity contribution in [2.75, 3.05) is 18.4 Å². The topological polar surface area (TPSA) is 66.5 Å². The summed E-state index contributed by atoms with van der Waals surface area (Å²) in [5.74, 6) is -0.372. The Morgan fingerprint density at radius 3 is 2.32 bits per heavy atom. The number of amides is 1. The Morgan fingerprint density at radius 1 is 0.968 bits per heavy atom. The number of anilines is 1. The van der Waals surface area contributed by atoms with E-state index in [-0.39, 0.29) is 23.9 Å². The molecule has 0 aromatic heterocycles. The van der Waals surface area contributed by atoms with E-state index in [1.54, 1.807) is 31.2 Å². The van der Waals surface area contributed by atoms with Crippen LogP contribution in [0, 0.1) is 17.4 Å². The number of benzene rings is 3. The minimum Gasteiger partial charge on any atom is -0.325 e. The van der Waals surface area contributed by atoms with Crippen molar-refractivity contribution in [2.45, 2.75) is 25.2 Å². The number of carbonyl (C=O) groups is 1. The molecule has 0 aliphatic carbocycles. The molecule has 0 saturated heterocycles. The van der Waals surface area contributed by atoms with Crippen molar-refractivity contribution in [1.29, 1.82) is 0 Å². The van der Waals surface area contributed by atoms with Crippen molar-refractivity contribution in [2.24, 2.45) is 0 Å². The standard InChI is InChI=1S/C24H25IN2O3S/c1-18-8-9-19(2)23(16-18)31(29,30)27(15-14-20-6-4-3-5-7-20)17-24(28)26-22-12-10-21(25)11-13-22/h3-13,16H,14-15,17H2,1-2H3,(H,26,28). The predicted octanol–water partition coefficient (Wildman–Crippen LogP) is 4.78. The van der Waals surface area contributed by atoms with Crippen LogP contribution < -0.4 is 5.32 Å². The average molecular weight is 548 g/mol. The molecule has 0 saturated carbocycles. The molecule has 0 spiro atoms. The molecule has 31 heavy (non-hydrogen) atoms. The van der Waals surface area contributed by atoms with Gasteiger partial charge in [0, 0.05) is 15.8 Å². The highest BCUT2D eigenvalue weighted by Gasteiger charge is 2.28. The van der Waals surface area contributed by atoms with Crippen molar-refractivity contribution in [1.82, 2.24) is 4.31 Å². The zero-order valence-corrected chi connectivity index (χ0v) is 20.5. The van der Waals surface area contributed by atoms with E-state index in [4.69, 9.17) is 0 Å². The van der Waals surface area contributed by atoms with Crippen LogP contribution >= 0.6 is 22.6 Å². The third-order valence-electron chi connectivity index (χ3n) is 4.90. The summed E-state index contributed by atoms with van der Waals surface area (Å²) in [4.78, 5) is 13.0. The number of aryl methyl sites for hydroxylation is 2. The van der Waals surface area contributed by atoms with E-state index in [0.717, 1.165) is 14.7 Å². The van der Waals surface area contributed by atoms with Crippen LogP contribution in [0.2, 0.25) is 0 Å². The van der Waals surface area contributed by atoms with Crippen LogP contribution in [0.25, 0.3) is 0 Å². The van der Waals surface area contributed by atoms with E-state index < -0.39 is 10.0 Å². The molecule has 162 valence electrons. The molecule has 0 aliphatic heterocycles. The molecule has 3 aromatic rings. The van der Waals surface area contributed by atoms with Gasteiger partial charge < -0.3 is 5.32 Å². The third-order valence-corrected chi connectivity index (χ3v) is 7.61. The summed E-state index contributed by atoms with van der Waals surface area (Å²) in [7, 11) is -3.85. The second-order valence-electron chi connectivity index (χ2n) is 7.40. The Morgan fingerprint density at radius 2 is 1.65 bits per heavy atom. The SMILES string of the molecule is Cc1ccc(C)c(S(=O)(=O)N(CCc2ccccc2)CC(=O)Nc2ccc(I)cc2)c1. The molecule has 1 amide bonds. The number of nitrogens with zero attached hydrogens (tertiary/aromatic N) is 1. The van der Waals surface area contributed by atoms with Gasteiger partial charge in [0.25, 0.3) is 0 Å². The second kappa shape index (κ2) is 10.4. The molecule has 3 rings (SSSR count). The van der Waals surface area contributed by atoms with Crippen molar-refractivity contribution in [3.63, 3.8) is 0 Å².